The molecule has 0 saturated heterocycles. The lowest BCUT2D eigenvalue weighted by Crippen LogP contribution is -2.23. The molecule has 0 fully saturated rings. The number of nitrogens with one attached hydrogen (secondary N) is 1. The van der Waals surface area contributed by atoms with Crippen molar-refractivity contribution < 1.29 is 4.79 Å². The summed E-state index contributed by atoms with van der Waals surface area (Å²) in [7, 11) is 2.14. The van der Waals surface area contributed by atoms with Crippen LogP contribution in [0.5, 0.6) is 0 Å². The highest BCUT2D eigenvalue weighted by atomic mass is 16.1. The van der Waals surface area contributed by atoms with E-state index in [1.54, 1.807) is 0 Å². The Morgan fingerprint density at radius 1 is 1.23 bits per heavy atom. The number of pyridine rings is 1. The van der Waals surface area contributed by atoms with E-state index in [1.807, 2.05) is 30.6 Å². The summed E-state index contributed by atoms with van der Waals surface area (Å²) < 4.78 is 2.28. The van der Waals surface area contributed by atoms with Gasteiger partial charge in [-0.1, -0.05) is 6.08 Å². The molecule has 0 saturated carbocycles. The van der Waals surface area contributed by atoms with Crippen LogP contribution in [0.3, 0.4) is 0 Å². The number of fused-ring (bicyclic) bond motifs is 1. The Kier molecular flexibility index (Phi) is 4.54. The van der Waals surface area contributed by atoms with Gasteiger partial charge in [-0.15, -0.1) is 0 Å². The maximum atomic E-state index is 10.8. The Morgan fingerprint density at radius 3 is 2.81 bits per heavy atom. The van der Waals surface area contributed by atoms with E-state index < -0.39 is 0 Å². The van der Waals surface area contributed by atoms with E-state index in [-0.39, 0.29) is 0 Å². The summed E-state index contributed by atoms with van der Waals surface area (Å²) in [5.41, 5.74) is 5.86. The number of benzene rings is 1. The second-order valence-corrected chi connectivity index (χ2v) is 6.76. The summed E-state index contributed by atoms with van der Waals surface area (Å²) in [6, 6.07) is 10.2. The van der Waals surface area contributed by atoms with Crippen LogP contribution < -0.4 is 5.32 Å². The first-order valence-electron chi connectivity index (χ1n) is 8.84. The van der Waals surface area contributed by atoms with E-state index >= 15 is 0 Å². The van der Waals surface area contributed by atoms with Crippen molar-refractivity contribution in [1.29, 1.82) is 0 Å². The number of hydrogen-bond donors (Lipinski definition) is 1. The molecule has 26 heavy (non-hydrogen) atoms. The number of amides is 1. The minimum absolute atomic E-state index is 0.726. The van der Waals surface area contributed by atoms with Crippen molar-refractivity contribution in [1.82, 2.24) is 14.5 Å². The number of hydrogen-bond acceptors (Lipinski definition) is 3. The highest BCUT2D eigenvalue weighted by molar-refractivity contribution is 5.96. The van der Waals surface area contributed by atoms with Gasteiger partial charge in [0, 0.05) is 60.4 Å². The first-order chi connectivity index (χ1) is 12.7. The van der Waals surface area contributed by atoms with E-state index in [1.165, 1.54) is 27.6 Å². The van der Waals surface area contributed by atoms with Crippen molar-refractivity contribution in [3.05, 3.63) is 66.1 Å². The summed E-state index contributed by atoms with van der Waals surface area (Å²) >= 11 is 0. The van der Waals surface area contributed by atoms with Gasteiger partial charge in [-0.3, -0.25) is 9.78 Å². The van der Waals surface area contributed by atoms with E-state index in [2.05, 4.69) is 51.2 Å². The number of aromatic nitrogens is 2. The van der Waals surface area contributed by atoms with Crippen LogP contribution in [0.2, 0.25) is 0 Å². The van der Waals surface area contributed by atoms with Gasteiger partial charge in [0.15, 0.2) is 0 Å². The Hall–Kier alpha value is -2.92. The van der Waals surface area contributed by atoms with Crippen LogP contribution in [0.4, 0.5) is 5.69 Å². The third kappa shape index (κ3) is 3.26. The predicted octanol–water partition coefficient (Wildman–Crippen LogP) is 3.37. The zero-order valence-corrected chi connectivity index (χ0v) is 14.9. The van der Waals surface area contributed by atoms with E-state index in [9.17, 15) is 4.79 Å². The van der Waals surface area contributed by atoms with Gasteiger partial charge in [0.2, 0.25) is 6.41 Å². The molecule has 1 aromatic carbocycles. The van der Waals surface area contributed by atoms with Gasteiger partial charge in [-0.05, 0) is 54.9 Å². The number of nitrogens with zero attached hydrogens (tertiary/aromatic N) is 3. The fourth-order valence-electron chi connectivity index (χ4n) is 3.54. The van der Waals surface area contributed by atoms with Gasteiger partial charge in [0.05, 0.1) is 0 Å². The van der Waals surface area contributed by atoms with Gasteiger partial charge in [0.1, 0.15) is 0 Å². The molecule has 0 spiro atoms. The molecule has 0 atom stereocenters. The molecule has 1 aliphatic rings. The van der Waals surface area contributed by atoms with Crippen LogP contribution in [0.1, 0.15) is 17.5 Å². The van der Waals surface area contributed by atoms with E-state index in [0.29, 0.717) is 0 Å². The summed E-state index contributed by atoms with van der Waals surface area (Å²) in [5, 5.41) is 3.95. The van der Waals surface area contributed by atoms with Crippen LogP contribution in [-0.2, 0) is 11.3 Å². The van der Waals surface area contributed by atoms with Gasteiger partial charge in [-0.25, -0.2) is 0 Å². The summed E-state index contributed by atoms with van der Waals surface area (Å²) in [6.45, 7) is 2.83. The fraction of sp³-hybridized carbons (Fsp3) is 0.238. The molecule has 0 unspecified atom stereocenters. The molecule has 1 N–H and O–H groups in total. The third-order valence-corrected chi connectivity index (χ3v) is 4.97. The number of rotatable bonds is 5. The lowest BCUT2D eigenvalue weighted by atomic mass is 9.99. The molecule has 0 bridgehead atoms. The molecule has 1 aliphatic heterocycles. The maximum Gasteiger partial charge on any atom is 0.211 e. The van der Waals surface area contributed by atoms with Crippen LogP contribution in [0.25, 0.3) is 16.5 Å². The summed E-state index contributed by atoms with van der Waals surface area (Å²) in [6.07, 6.45) is 9.97. The molecular weight excluding hydrogens is 324 g/mol. The van der Waals surface area contributed by atoms with Crippen LogP contribution >= 0.6 is 0 Å². The van der Waals surface area contributed by atoms with Crippen molar-refractivity contribution in [2.75, 3.05) is 25.5 Å². The molecule has 3 heterocycles. The number of carbonyl (C=O) groups excluding carboxylic acids is 1. The number of anilines is 1. The van der Waals surface area contributed by atoms with E-state index in [4.69, 9.17) is 0 Å². The lowest BCUT2D eigenvalue weighted by molar-refractivity contribution is -0.105. The van der Waals surface area contributed by atoms with Crippen LogP contribution in [-0.4, -0.2) is 41.0 Å². The molecule has 132 valence electrons. The first kappa shape index (κ1) is 16.5. The van der Waals surface area contributed by atoms with Crippen molar-refractivity contribution in [3.63, 3.8) is 0 Å². The quantitative estimate of drug-likeness (QED) is 0.721. The van der Waals surface area contributed by atoms with Gasteiger partial charge < -0.3 is 14.8 Å². The third-order valence-electron chi connectivity index (χ3n) is 4.97. The predicted molar refractivity (Wildman–Crippen MR) is 105 cm³/mol. The lowest BCUT2D eigenvalue weighted by Gasteiger charge is -2.21. The minimum Gasteiger partial charge on any atom is -0.342 e. The second-order valence-electron chi connectivity index (χ2n) is 6.76. The Labute approximate surface area is 153 Å². The Morgan fingerprint density at radius 2 is 2.08 bits per heavy atom. The standard InChI is InChI=1S/C21H22N4O/c1-24-10-6-17(7-11-24)20-14-25(13-16-4-8-22-9-5-16)21-3-2-18(23-15-26)12-19(20)21/h2-6,8-9,12,14-15H,7,10-11,13H2,1H3,(H,23,26). The van der Waals surface area contributed by atoms with Gasteiger partial charge in [0.25, 0.3) is 0 Å². The molecule has 5 nitrogen and oxygen atoms in total. The Balaban J connectivity index is 1.81. The van der Waals surface area contributed by atoms with Crippen molar-refractivity contribution in [2.24, 2.45) is 0 Å². The highest BCUT2D eigenvalue weighted by Gasteiger charge is 2.16. The van der Waals surface area contributed by atoms with Crippen molar-refractivity contribution >= 4 is 28.6 Å². The molecule has 2 aromatic heterocycles. The summed E-state index contributed by atoms with van der Waals surface area (Å²) in [4.78, 5) is 17.3. The molecule has 5 heteroatoms. The fourth-order valence-corrected chi connectivity index (χ4v) is 3.54. The molecule has 4 rings (SSSR count). The molecule has 0 radical (unpaired) electrons. The first-order valence-corrected chi connectivity index (χ1v) is 8.84. The van der Waals surface area contributed by atoms with Crippen LogP contribution in [0, 0.1) is 0 Å². The molecule has 0 aliphatic carbocycles. The zero-order chi connectivity index (χ0) is 17.9. The van der Waals surface area contributed by atoms with Crippen molar-refractivity contribution in [3.8, 4) is 0 Å². The largest absolute Gasteiger partial charge is 0.342 e. The van der Waals surface area contributed by atoms with Gasteiger partial charge in [-0.2, -0.15) is 0 Å². The van der Waals surface area contributed by atoms with Crippen LogP contribution in [0.15, 0.2) is 55.0 Å². The molecular formula is C21H22N4O. The van der Waals surface area contributed by atoms with Crippen molar-refractivity contribution in [2.45, 2.75) is 13.0 Å². The smallest absolute Gasteiger partial charge is 0.211 e. The maximum absolute atomic E-state index is 10.8. The van der Waals surface area contributed by atoms with E-state index in [0.717, 1.165) is 38.2 Å². The monoisotopic (exact) mass is 346 g/mol. The topological polar surface area (TPSA) is 50.2 Å². The minimum atomic E-state index is 0.726. The average molecular weight is 346 g/mol. The molecule has 1 amide bonds. The normalized spacial score (nSPS) is 15.0. The SMILES string of the molecule is CN1CC=C(c2cn(Cc3ccncc3)c3ccc(NC=O)cc23)CC1. The Bertz CT molecular complexity index is 959. The highest BCUT2D eigenvalue weighted by Crippen LogP contribution is 2.33. The summed E-state index contributed by atoms with van der Waals surface area (Å²) in [5.74, 6) is 0. The second kappa shape index (κ2) is 7.14. The number of likely N-dealkylation sites (N-methyl/N-ethyl adjacent to an activating group) is 1. The zero-order valence-electron chi connectivity index (χ0n) is 14.9. The average Bonchev–Trinajstić information content (AvgIpc) is 3.01. The number of carbonyl (C=O) groups is 1. The molecule has 3 aromatic rings. The van der Waals surface area contributed by atoms with Gasteiger partial charge >= 0.3 is 0 Å².